The molecule has 0 spiro atoms. The summed E-state index contributed by atoms with van der Waals surface area (Å²) in [7, 11) is -3.59. The average molecular weight is 291 g/mol. The molecule has 8 heteroatoms. The number of nitrogens with zero attached hydrogens (tertiary/aromatic N) is 1. The Labute approximate surface area is 109 Å². The van der Waals surface area contributed by atoms with Gasteiger partial charge >= 0.3 is 5.97 Å². The van der Waals surface area contributed by atoms with E-state index in [1.54, 1.807) is 0 Å². The zero-order valence-electron chi connectivity index (χ0n) is 9.44. The predicted octanol–water partition coefficient (Wildman–Crippen LogP) is 0.130. The minimum absolute atomic E-state index is 0.106. The number of sulfonamides is 1. The van der Waals surface area contributed by atoms with E-state index in [0.717, 1.165) is 11.3 Å². The quantitative estimate of drug-likeness (QED) is 0.822. The van der Waals surface area contributed by atoms with E-state index < -0.39 is 22.1 Å². The van der Waals surface area contributed by atoms with Crippen LogP contribution in [-0.2, 0) is 21.2 Å². The van der Waals surface area contributed by atoms with Crippen molar-refractivity contribution in [3.05, 3.63) is 17.0 Å². The number of carboxylic acid groups (broad SMARTS) is 1. The van der Waals surface area contributed by atoms with Crippen LogP contribution in [0.5, 0.6) is 0 Å². The van der Waals surface area contributed by atoms with Crippen molar-refractivity contribution in [2.24, 2.45) is 0 Å². The van der Waals surface area contributed by atoms with Crippen LogP contribution in [-0.4, -0.2) is 48.1 Å². The van der Waals surface area contributed by atoms with Crippen molar-refractivity contribution in [3.8, 4) is 0 Å². The third kappa shape index (κ3) is 2.72. The second kappa shape index (κ2) is 4.96. The number of β-amino-alcohol motifs (C(OH)–C–C–N with tert-alkyl or cyclic N) is 1. The Morgan fingerprint density at radius 3 is 2.78 bits per heavy atom. The predicted molar refractivity (Wildman–Crippen MR) is 65.0 cm³/mol. The number of aliphatic hydroxyl groups excluding tert-OH is 1. The molecule has 2 N–H and O–H groups in total. The van der Waals surface area contributed by atoms with Crippen LogP contribution in [0.3, 0.4) is 0 Å². The van der Waals surface area contributed by atoms with Crippen molar-refractivity contribution >= 4 is 27.3 Å². The molecule has 1 aromatic heterocycles. The summed E-state index contributed by atoms with van der Waals surface area (Å²) >= 11 is 0.964. The molecule has 0 saturated carbocycles. The smallest absolute Gasteiger partial charge is 0.308 e. The number of carboxylic acids is 1. The molecule has 0 amide bonds. The van der Waals surface area contributed by atoms with Crippen LogP contribution in [0, 0.1) is 0 Å². The lowest BCUT2D eigenvalue weighted by atomic mass is 10.3. The molecule has 2 rings (SSSR count). The Morgan fingerprint density at radius 2 is 2.22 bits per heavy atom. The van der Waals surface area contributed by atoms with Crippen molar-refractivity contribution in [1.82, 2.24) is 4.31 Å². The molecule has 2 heterocycles. The van der Waals surface area contributed by atoms with Crippen molar-refractivity contribution in [1.29, 1.82) is 0 Å². The van der Waals surface area contributed by atoms with Gasteiger partial charge < -0.3 is 10.2 Å². The Kier molecular flexibility index (Phi) is 3.71. The van der Waals surface area contributed by atoms with Gasteiger partial charge in [0.2, 0.25) is 0 Å². The second-order valence-corrected chi connectivity index (χ2v) is 7.43. The third-order valence-corrected chi connectivity index (χ3v) is 6.10. The Bertz CT molecular complexity index is 550. The number of hydrogen-bond acceptors (Lipinski definition) is 5. The molecule has 0 unspecified atom stereocenters. The maximum atomic E-state index is 12.2. The fraction of sp³-hybridized carbons (Fsp3) is 0.500. The summed E-state index contributed by atoms with van der Waals surface area (Å²) in [6.07, 6.45) is -0.353. The minimum atomic E-state index is -3.59. The first-order chi connectivity index (χ1) is 8.39. The summed E-state index contributed by atoms with van der Waals surface area (Å²) in [6.45, 7) is 0.407. The molecule has 0 bridgehead atoms. The molecular weight excluding hydrogens is 278 g/mol. The SMILES string of the molecule is O=C(O)Cc1ccc(S(=O)(=O)N2CC[C@@H](O)C2)s1. The lowest BCUT2D eigenvalue weighted by Gasteiger charge is -2.13. The van der Waals surface area contributed by atoms with E-state index in [9.17, 15) is 18.3 Å². The van der Waals surface area contributed by atoms with Crippen LogP contribution in [0.4, 0.5) is 0 Å². The van der Waals surface area contributed by atoms with E-state index in [-0.39, 0.29) is 17.2 Å². The van der Waals surface area contributed by atoms with Gasteiger partial charge in [-0.3, -0.25) is 4.79 Å². The highest BCUT2D eigenvalue weighted by atomic mass is 32.2. The number of thiophene rings is 1. The average Bonchev–Trinajstić information content (AvgIpc) is 2.86. The Morgan fingerprint density at radius 1 is 1.50 bits per heavy atom. The lowest BCUT2D eigenvalue weighted by Crippen LogP contribution is -2.29. The number of hydrogen-bond donors (Lipinski definition) is 2. The van der Waals surface area contributed by atoms with Gasteiger partial charge in [-0.05, 0) is 18.6 Å². The number of rotatable bonds is 4. The molecule has 1 fully saturated rings. The summed E-state index contributed by atoms with van der Waals surface area (Å²) in [5, 5.41) is 18.0. The zero-order chi connectivity index (χ0) is 13.3. The topological polar surface area (TPSA) is 94.9 Å². The van der Waals surface area contributed by atoms with E-state index in [1.807, 2.05) is 0 Å². The number of aliphatic hydroxyl groups is 1. The zero-order valence-corrected chi connectivity index (χ0v) is 11.1. The van der Waals surface area contributed by atoms with E-state index >= 15 is 0 Å². The molecule has 0 radical (unpaired) electrons. The van der Waals surface area contributed by atoms with Gasteiger partial charge in [0.15, 0.2) is 0 Å². The summed E-state index contributed by atoms with van der Waals surface area (Å²) in [6, 6.07) is 2.93. The molecule has 1 aliphatic rings. The van der Waals surface area contributed by atoms with Gasteiger partial charge in [-0.25, -0.2) is 8.42 Å². The molecule has 100 valence electrons. The standard InChI is InChI=1S/C10H13NO5S2/c12-7-3-4-11(6-7)18(15,16)10-2-1-8(17-10)5-9(13)14/h1-2,7,12H,3-6H2,(H,13,14)/t7-/m1/s1. The van der Waals surface area contributed by atoms with Crippen LogP contribution in [0.2, 0.25) is 0 Å². The molecule has 1 aromatic rings. The highest BCUT2D eigenvalue weighted by Crippen LogP contribution is 2.27. The highest BCUT2D eigenvalue weighted by Gasteiger charge is 2.32. The number of carbonyl (C=O) groups is 1. The minimum Gasteiger partial charge on any atom is -0.481 e. The summed E-state index contributed by atoms with van der Waals surface area (Å²) < 4.78 is 25.7. The van der Waals surface area contributed by atoms with Gasteiger partial charge in [-0.15, -0.1) is 11.3 Å². The summed E-state index contributed by atoms with van der Waals surface area (Å²) in [5.41, 5.74) is 0. The second-order valence-electron chi connectivity index (χ2n) is 4.10. The van der Waals surface area contributed by atoms with Gasteiger partial charge in [-0.1, -0.05) is 0 Å². The van der Waals surface area contributed by atoms with Crippen LogP contribution in [0.25, 0.3) is 0 Å². The van der Waals surface area contributed by atoms with Crippen LogP contribution in [0.1, 0.15) is 11.3 Å². The molecular formula is C10H13NO5S2. The van der Waals surface area contributed by atoms with Crippen molar-refractivity contribution in [3.63, 3.8) is 0 Å². The number of aliphatic carboxylic acids is 1. The molecule has 6 nitrogen and oxygen atoms in total. The molecule has 1 saturated heterocycles. The monoisotopic (exact) mass is 291 g/mol. The Balaban J connectivity index is 2.20. The fourth-order valence-electron chi connectivity index (χ4n) is 1.80. The highest BCUT2D eigenvalue weighted by molar-refractivity contribution is 7.91. The van der Waals surface area contributed by atoms with E-state index in [2.05, 4.69) is 0 Å². The Hall–Kier alpha value is -0.960. The first kappa shape index (κ1) is 13.5. The lowest BCUT2D eigenvalue weighted by molar-refractivity contribution is -0.136. The van der Waals surface area contributed by atoms with Crippen LogP contribution in [0.15, 0.2) is 16.3 Å². The first-order valence-electron chi connectivity index (χ1n) is 5.38. The van der Waals surface area contributed by atoms with Gasteiger partial charge in [0.1, 0.15) is 4.21 Å². The molecule has 0 aliphatic carbocycles. The molecule has 1 aliphatic heterocycles. The van der Waals surface area contributed by atoms with Crippen LogP contribution >= 0.6 is 11.3 Å². The maximum Gasteiger partial charge on any atom is 0.308 e. The van der Waals surface area contributed by atoms with Gasteiger partial charge in [-0.2, -0.15) is 4.31 Å². The van der Waals surface area contributed by atoms with Gasteiger partial charge in [0.25, 0.3) is 10.0 Å². The van der Waals surface area contributed by atoms with Crippen LogP contribution < -0.4 is 0 Å². The van der Waals surface area contributed by atoms with E-state index in [4.69, 9.17) is 5.11 Å². The third-order valence-electron chi connectivity index (χ3n) is 2.68. The largest absolute Gasteiger partial charge is 0.481 e. The van der Waals surface area contributed by atoms with Gasteiger partial charge in [0.05, 0.1) is 12.5 Å². The molecule has 0 aromatic carbocycles. The first-order valence-corrected chi connectivity index (χ1v) is 7.64. The molecule has 18 heavy (non-hydrogen) atoms. The fourth-order valence-corrected chi connectivity index (χ4v) is 4.79. The normalized spacial score (nSPS) is 21.3. The van der Waals surface area contributed by atoms with Crippen molar-refractivity contribution in [2.45, 2.75) is 23.2 Å². The summed E-state index contributed by atoms with van der Waals surface area (Å²) in [5.74, 6) is -0.989. The van der Waals surface area contributed by atoms with Gasteiger partial charge in [0, 0.05) is 18.0 Å². The van der Waals surface area contributed by atoms with E-state index in [1.165, 1.54) is 16.4 Å². The van der Waals surface area contributed by atoms with E-state index in [0.29, 0.717) is 17.8 Å². The van der Waals surface area contributed by atoms with Crippen molar-refractivity contribution in [2.75, 3.05) is 13.1 Å². The molecule has 1 atom stereocenters. The summed E-state index contributed by atoms with van der Waals surface area (Å²) in [4.78, 5) is 11.0. The van der Waals surface area contributed by atoms with Crippen molar-refractivity contribution < 1.29 is 23.4 Å². The maximum absolute atomic E-state index is 12.2.